The number of halogens is 1. The van der Waals surface area contributed by atoms with Gasteiger partial charge < -0.3 is 16.2 Å². The average molecular weight is 522 g/mol. The van der Waals surface area contributed by atoms with Crippen LogP contribution in [-0.4, -0.2) is 34.3 Å². The van der Waals surface area contributed by atoms with Crippen molar-refractivity contribution >= 4 is 51.5 Å². The molecule has 1 unspecified atom stereocenters. The minimum absolute atomic E-state index is 0.194. The summed E-state index contributed by atoms with van der Waals surface area (Å²) >= 11 is 2.27. The highest BCUT2D eigenvalue weighted by Crippen LogP contribution is 2.24. The number of aliphatic hydroxyl groups excluding tert-OH is 1. The van der Waals surface area contributed by atoms with Gasteiger partial charge in [-0.15, -0.1) is 0 Å². The average Bonchev–Trinajstić information content (AvgIpc) is 2.82. The molecule has 31 heavy (non-hydrogen) atoms. The van der Waals surface area contributed by atoms with Crippen LogP contribution >= 0.6 is 22.6 Å². The monoisotopic (exact) mass is 522 g/mol. The number of hydrogen-bond acceptors (Lipinski definition) is 5. The second-order valence-corrected chi connectivity index (χ2v) is 8.43. The van der Waals surface area contributed by atoms with Crippen LogP contribution in [0.1, 0.15) is 11.4 Å². The summed E-state index contributed by atoms with van der Waals surface area (Å²) in [7, 11) is 0. The van der Waals surface area contributed by atoms with E-state index in [9.17, 15) is 5.11 Å². The molecule has 0 fully saturated rings. The maximum Gasteiger partial charge on any atom is 0.154 e. The quantitative estimate of drug-likeness (QED) is 0.304. The van der Waals surface area contributed by atoms with Crippen molar-refractivity contribution in [1.29, 1.82) is 0 Å². The second-order valence-electron chi connectivity index (χ2n) is 7.18. The first kappa shape index (κ1) is 21.4. The molecular formula is C25H23IN4O. The SMILES string of the molecule is NCC(O)CNc1nc(C=Cc2ccc(-c3ccccc3)cc2)nc2ccc(I)cc12. The Balaban J connectivity index is 1.60. The smallest absolute Gasteiger partial charge is 0.154 e. The number of rotatable bonds is 7. The molecule has 0 aliphatic rings. The van der Waals surface area contributed by atoms with Gasteiger partial charge in [-0.3, -0.25) is 0 Å². The fraction of sp³-hybridized carbons (Fsp3) is 0.120. The van der Waals surface area contributed by atoms with Gasteiger partial charge in [0, 0.05) is 22.0 Å². The van der Waals surface area contributed by atoms with Crippen LogP contribution in [0.3, 0.4) is 0 Å². The Morgan fingerprint density at radius 1 is 0.935 bits per heavy atom. The molecule has 0 amide bonds. The van der Waals surface area contributed by atoms with Crippen LogP contribution in [0.15, 0.2) is 72.8 Å². The molecule has 3 aromatic carbocycles. The minimum Gasteiger partial charge on any atom is -0.390 e. The Morgan fingerprint density at radius 3 is 2.42 bits per heavy atom. The second kappa shape index (κ2) is 10.00. The Hall–Kier alpha value is -2.81. The van der Waals surface area contributed by atoms with E-state index in [1.807, 2.05) is 48.6 Å². The zero-order valence-electron chi connectivity index (χ0n) is 16.9. The van der Waals surface area contributed by atoms with E-state index in [1.165, 1.54) is 11.1 Å². The third-order valence-corrected chi connectivity index (χ3v) is 5.57. The van der Waals surface area contributed by atoms with E-state index in [2.05, 4.69) is 74.3 Å². The van der Waals surface area contributed by atoms with Crippen molar-refractivity contribution in [3.63, 3.8) is 0 Å². The van der Waals surface area contributed by atoms with Crippen molar-refractivity contribution < 1.29 is 5.11 Å². The molecule has 0 spiro atoms. The Bertz CT molecular complexity index is 1190. The largest absolute Gasteiger partial charge is 0.390 e. The van der Waals surface area contributed by atoms with E-state index in [-0.39, 0.29) is 6.54 Å². The molecule has 0 aliphatic carbocycles. The number of fused-ring (bicyclic) bond motifs is 1. The van der Waals surface area contributed by atoms with Crippen molar-refractivity contribution in [1.82, 2.24) is 9.97 Å². The molecule has 156 valence electrons. The summed E-state index contributed by atoms with van der Waals surface area (Å²) in [6, 6.07) is 24.7. The van der Waals surface area contributed by atoms with Gasteiger partial charge in [-0.05, 0) is 63.6 Å². The van der Waals surface area contributed by atoms with Crippen LogP contribution in [-0.2, 0) is 0 Å². The highest BCUT2D eigenvalue weighted by molar-refractivity contribution is 14.1. The van der Waals surface area contributed by atoms with Crippen LogP contribution in [0.25, 0.3) is 34.2 Å². The molecule has 0 bridgehead atoms. The van der Waals surface area contributed by atoms with Crippen LogP contribution < -0.4 is 11.1 Å². The van der Waals surface area contributed by atoms with Gasteiger partial charge in [0.25, 0.3) is 0 Å². The Morgan fingerprint density at radius 2 is 1.68 bits per heavy atom. The lowest BCUT2D eigenvalue weighted by Gasteiger charge is -2.12. The van der Waals surface area contributed by atoms with E-state index in [4.69, 9.17) is 5.73 Å². The standard InChI is InChI=1S/C25H23IN4O/c26-20-11-12-23-22(14-20)25(28-16-21(31)15-27)30-24(29-23)13-8-17-6-9-19(10-7-17)18-4-2-1-3-5-18/h1-14,21,31H,15-16,27H2,(H,28,29,30). The predicted molar refractivity (Wildman–Crippen MR) is 137 cm³/mol. The lowest BCUT2D eigenvalue weighted by atomic mass is 10.0. The highest BCUT2D eigenvalue weighted by Gasteiger charge is 2.09. The summed E-state index contributed by atoms with van der Waals surface area (Å²) in [6.45, 7) is 0.525. The number of aliphatic hydroxyl groups is 1. The summed E-state index contributed by atoms with van der Waals surface area (Å²) in [5.41, 5.74) is 9.82. The van der Waals surface area contributed by atoms with Gasteiger partial charge >= 0.3 is 0 Å². The van der Waals surface area contributed by atoms with Crippen molar-refractivity contribution in [2.45, 2.75) is 6.10 Å². The number of anilines is 1. The van der Waals surface area contributed by atoms with Gasteiger partial charge in [-0.25, -0.2) is 9.97 Å². The maximum atomic E-state index is 9.83. The molecule has 0 aliphatic heterocycles. The molecule has 0 saturated heterocycles. The number of nitrogens with one attached hydrogen (secondary N) is 1. The molecule has 6 heteroatoms. The van der Waals surface area contributed by atoms with Crippen molar-refractivity contribution in [3.05, 3.63) is 87.8 Å². The first-order valence-corrected chi connectivity index (χ1v) is 11.1. The lowest BCUT2D eigenvalue weighted by molar-refractivity contribution is 0.196. The van der Waals surface area contributed by atoms with E-state index in [1.54, 1.807) is 0 Å². The fourth-order valence-electron chi connectivity index (χ4n) is 3.21. The van der Waals surface area contributed by atoms with E-state index < -0.39 is 6.10 Å². The van der Waals surface area contributed by atoms with Gasteiger partial charge in [-0.1, -0.05) is 60.7 Å². The van der Waals surface area contributed by atoms with Gasteiger partial charge in [0.1, 0.15) is 5.82 Å². The molecule has 4 N–H and O–H groups in total. The lowest BCUT2D eigenvalue weighted by Crippen LogP contribution is -2.28. The molecular weight excluding hydrogens is 499 g/mol. The molecule has 1 heterocycles. The van der Waals surface area contributed by atoms with Crippen molar-refractivity contribution in [2.75, 3.05) is 18.4 Å². The molecule has 1 aromatic heterocycles. The number of nitrogens with zero attached hydrogens (tertiary/aromatic N) is 2. The Labute approximate surface area is 195 Å². The van der Waals surface area contributed by atoms with Crippen molar-refractivity contribution in [2.24, 2.45) is 5.73 Å². The first-order valence-electron chi connectivity index (χ1n) is 10.1. The zero-order chi connectivity index (χ0) is 21.6. The van der Waals surface area contributed by atoms with Gasteiger partial charge in [0.2, 0.25) is 0 Å². The van der Waals surface area contributed by atoms with Crippen LogP contribution in [0, 0.1) is 3.57 Å². The van der Waals surface area contributed by atoms with Gasteiger partial charge in [0.05, 0.1) is 11.6 Å². The highest BCUT2D eigenvalue weighted by atomic mass is 127. The first-order chi connectivity index (χ1) is 15.1. The molecule has 5 nitrogen and oxygen atoms in total. The van der Waals surface area contributed by atoms with E-state index >= 15 is 0 Å². The summed E-state index contributed by atoms with van der Waals surface area (Å²) in [4.78, 5) is 9.34. The summed E-state index contributed by atoms with van der Waals surface area (Å²) in [6.07, 6.45) is 3.27. The number of hydrogen-bond donors (Lipinski definition) is 3. The normalized spacial score (nSPS) is 12.4. The third-order valence-electron chi connectivity index (χ3n) is 4.89. The molecule has 4 aromatic rings. The number of nitrogens with two attached hydrogens (primary N) is 1. The minimum atomic E-state index is -0.630. The molecule has 0 radical (unpaired) electrons. The van der Waals surface area contributed by atoms with Crippen molar-refractivity contribution in [3.8, 4) is 11.1 Å². The fourth-order valence-corrected chi connectivity index (χ4v) is 3.70. The Kier molecular flexibility index (Phi) is 6.91. The molecule has 1 atom stereocenters. The summed E-state index contributed by atoms with van der Waals surface area (Å²) < 4.78 is 1.10. The van der Waals surface area contributed by atoms with Crippen LogP contribution in [0.4, 0.5) is 5.82 Å². The van der Waals surface area contributed by atoms with E-state index in [0.29, 0.717) is 18.2 Å². The van der Waals surface area contributed by atoms with Crippen LogP contribution in [0.5, 0.6) is 0 Å². The topological polar surface area (TPSA) is 84.1 Å². The van der Waals surface area contributed by atoms with Gasteiger partial charge in [-0.2, -0.15) is 0 Å². The summed E-state index contributed by atoms with van der Waals surface area (Å²) in [5, 5.41) is 14.0. The summed E-state index contributed by atoms with van der Waals surface area (Å²) in [5.74, 6) is 1.29. The molecule has 0 saturated carbocycles. The number of aromatic nitrogens is 2. The number of benzene rings is 3. The van der Waals surface area contributed by atoms with Gasteiger partial charge in [0.15, 0.2) is 5.82 Å². The van der Waals surface area contributed by atoms with E-state index in [0.717, 1.165) is 20.0 Å². The zero-order valence-corrected chi connectivity index (χ0v) is 19.0. The predicted octanol–water partition coefficient (Wildman–Crippen LogP) is 4.80. The maximum absolute atomic E-state index is 9.83. The third kappa shape index (κ3) is 5.46. The molecule has 4 rings (SSSR count). The van der Waals surface area contributed by atoms with Crippen LogP contribution in [0.2, 0.25) is 0 Å².